The molecule has 2 heterocycles. The van der Waals surface area contributed by atoms with Crippen LogP contribution in [0, 0.1) is 47.6 Å². The minimum absolute atomic E-state index is 0.107. The van der Waals surface area contributed by atoms with Crippen LogP contribution in [-0.4, -0.2) is 23.1 Å². The molecule has 0 N–H and O–H groups in total. The van der Waals surface area contributed by atoms with Gasteiger partial charge in [0.05, 0.1) is 35.0 Å². The molecule has 0 saturated carbocycles. The van der Waals surface area contributed by atoms with Gasteiger partial charge in [0.15, 0.2) is 11.6 Å². The van der Waals surface area contributed by atoms with E-state index in [4.69, 9.17) is 13.1 Å². The fourth-order valence-corrected chi connectivity index (χ4v) is 13.8. The number of carbonyl (C=O) groups excluding carboxylic acids is 2. The van der Waals surface area contributed by atoms with Crippen molar-refractivity contribution in [3.8, 4) is 21.9 Å². The van der Waals surface area contributed by atoms with Crippen molar-refractivity contribution in [2.75, 3.05) is 11.5 Å². The Balaban J connectivity index is 1.42. The number of nitriles is 2. The molecule has 0 bridgehead atoms. The summed E-state index contributed by atoms with van der Waals surface area (Å²) < 4.78 is 1.28. The van der Waals surface area contributed by atoms with Gasteiger partial charge in [0.1, 0.15) is 0 Å². The van der Waals surface area contributed by atoms with E-state index < -0.39 is 0 Å². The number of ketones is 2. The van der Waals surface area contributed by atoms with Crippen molar-refractivity contribution in [3.63, 3.8) is 0 Å². The van der Waals surface area contributed by atoms with E-state index in [-0.39, 0.29) is 23.0 Å². The molecule has 2 aromatic carbocycles. The highest BCUT2D eigenvalue weighted by Gasteiger charge is 2.36. The lowest BCUT2D eigenvalue weighted by atomic mass is 10.0. The molecule has 10 heteroatoms. The number of allylic oxidation sites excluding steroid dienone is 6. The molecule has 3 aliphatic rings. The molecule has 0 saturated heterocycles. The van der Waals surface area contributed by atoms with Crippen LogP contribution >= 0.6 is 46.2 Å². The molecular formula is C52H46N4O2S4. The number of rotatable bonds is 16. The summed E-state index contributed by atoms with van der Waals surface area (Å²) in [6.07, 6.45) is 13.0. The predicted octanol–water partition coefficient (Wildman–Crippen LogP) is 15.3. The molecule has 0 radical (unpaired) electrons. The maximum Gasteiger partial charge on any atom is 0.270 e. The Morgan fingerprint density at radius 2 is 1.05 bits per heavy atom. The summed E-state index contributed by atoms with van der Waals surface area (Å²) in [7, 11) is 0. The molecule has 6 nitrogen and oxygen atoms in total. The Bertz CT molecular complexity index is 2580. The number of fused-ring (bicyclic) bond motifs is 5. The molecule has 3 aliphatic carbocycles. The fourth-order valence-electron chi connectivity index (χ4n) is 8.35. The Morgan fingerprint density at radius 1 is 0.645 bits per heavy atom. The molecule has 0 amide bonds. The highest BCUT2D eigenvalue weighted by Crippen LogP contribution is 2.57. The van der Waals surface area contributed by atoms with E-state index in [0.29, 0.717) is 56.4 Å². The fraction of sp³-hybridized carbons (Fsp3) is 0.308. The third-order valence-corrected chi connectivity index (χ3v) is 17.1. The number of Topliss-reactive ketones (excluding diaryl/α,β-unsaturated/α-hetero) is 2. The van der Waals surface area contributed by atoms with Crippen LogP contribution in [0.3, 0.4) is 0 Å². The van der Waals surface area contributed by atoms with Crippen LogP contribution in [0.15, 0.2) is 87.4 Å². The first-order chi connectivity index (χ1) is 30.2. The lowest BCUT2D eigenvalue weighted by Crippen LogP contribution is -2.05. The van der Waals surface area contributed by atoms with Crippen LogP contribution in [0.2, 0.25) is 0 Å². The smallest absolute Gasteiger partial charge is 0.270 e. The largest absolute Gasteiger partial charge is 0.289 e. The van der Waals surface area contributed by atoms with Crippen molar-refractivity contribution in [3.05, 3.63) is 153 Å². The van der Waals surface area contributed by atoms with Gasteiger partial charge in [-0.2, -0.15) is 0 Å². The van der Waals surface area contributed by atoms with Crippen molar-refractivity contribution in [1.82, 2.24) is 0 Å². The van der Waals surface area contributed by atoms with Gasteiger partial charge in [-0.15, -0.1) is 46.2 Å². The molecule has 0 aliphatic heterocycles. The van der Waals surface area contributed by atoms with Crippen molar-refractivity contribution >= 4 is 86.6 Å². The van der Waals surface area contributed by atoms with E-state index in [2.05, 4.69) is 49.5 Å². The number of unbranched alkanes of at least 4 members (excludes halogenated alkanes) is 2. The molecule has 2 aromatic heterocycles. The summed E-state index contributed by atoms with van der Waals surface area (Å²) in [4.78, 5) is 38.9. The van der Waals surface area contributed by atoms with Gasteiger partial charge in [0.25, 0.3) is 11.4 Å². The topological polar surface area (TPSA) is 90.4 Å². The van der Waals surface area contributed by atoms with Crippen molar-refractivity contribution in [1.29, 1.82) is 10.5 Å². The SMILES string of the molecule is [C-]#[N+]/C(C#N)=C1\C(=C\c2cc3c(s2)-c2sc(/C=C4\C(=O)c5ccccc5\C4=C(\C#N)[N+]#[C-])cc2C3=C(SCC(CC)CCCC)SCC(CC)CCCC)C(=O)c2ccccc21. The quantitative estimate of drug-likeness (QED) is 0.0557. The third-order valence-electron chi connectivity index (χ3n) is 11.8. The summed E-state index contributed by atoms with van der Waals surface area (Å²) >= 11 is 7.08. The minimum atomic E-state index is -0.202. The van der Waals surface area contributed by atoms with Gasteiger partial charge < -0.3 is 0 Å². The normalized spacial score (nSPS) is 17.5. The van der Waals surface area contributed by atoms with Gasteiger partial charge >= 0.3 is 0 Å². The minimum Gasteiger partial charge on any atom is -0.289 e. The van der Waals surface area contributed by atoms with Crippen molar-refractivity contribution in [2.45, 2.75) is 79.1 Å². The second-order valence-electron chi connectivity index (χ2n) is 15.7. The molecule has 0 fully saturated rings. The van der Waals surface area contributed by atoms with Crippen LogP contribution in [0.4, 0.5) is 0 Å². The zero-order chi connectivity index (χ0) is 43.9. The summed E-state index contributed by atoms with van der Waals surface area (Å²) in [6, 6.07) is 22.8. The first-order valence-corrected chi connectivity index (χ1v) is 24.9. The van der Waals surface area contributed by atoms with Crippen molar-refractivity contribution in [2.24, 2.45) is 11.8 Å². The number of thiophene rings is 2. The van der Waals surface area contributed by atoms with Crippen molar-refractivity contribution < 1.29 is 9.59 Å². The highest BCUT2D eigenvalue weighted by molar-refractivity contribution is 8.22. The first kappa shape index (κ1) is 44.6. The van der Waals surface area contributed by atoms with E-state index in [0.717, 1.165) is 60.6 Å². The second-order valence-corrected chi connectivity index (χ2v) is 20.1. The maximum absolute atomic E-state index is 14.0. The maximum atomic E-state index is 14.0. The Hall–Kier alpha value is -5.46. The highest BCUT2D eigenvalue weighted by atomic mass is 32.2. The number of hydrogen-bond donors (Lipinski definition) is 0. The van der Waals surface area contributed by atoms with Crippen LogP contribution in [-0.2, 0) is 0 Å². The monoisotopic (exact) mass is 886 g/mol. The molecule has 62 heavy (non-hydrogen) atoms. The van der Waals surface area contributed by atoms with E-state index in [1.807, 2.05) is 59.9 Å². The van der Waals surface area contributed by atoms with E-state index >= 15 is 0 Å². The number of hydrogen-bond acceptors (Lipinski definition) is 8. The molecule has 2 atom stereocenters. The van der Waals surface area contributed by atoms with E-state index in [1.165, 1.54) is 42.8 Å². The van der Waals surface area contributed by atoms with Gasteiger partial charge in [-0.1, -0.05) is 115 Å². The second kappa shape index (κ2) is 20.2. The number of carbonyl (C=O) groups is 2. The number of benzene rings is 2. The summed E-state index contributed by atoms with van der Waals surface area (Å²) in [6.45, 7) is 24.7. The molecule has 2 unspecified atom stereocenters. The van der Waals surface area contributed by atoms with Gasteiger partial charge in [0, 0.05) is 75.6 Å². The van der Waals surface area contributed by atoms with E-state index in [9.17, 15) is 20.1 Å². The van der Waals surface area contributed by atoms with Crippen LogP contribution in [0.1, 0.15) is 132 Å². The van der Waals surface area contributed by atoms with Crippen LogP contribution in [0.5, 0.6) is 0 Å². The molecule has 7 rings (SSSR count). The first-order valence-electron chi connectivity index (χ1n) is 21.3. The molecule has 4 aromatic rings. The average molecular weight is 887 g/mol. The van der Waals surface area contributed by atoms with Gasteiger partial charge in [0.2, 0.25) is 0 Å². The number of nitrogens with zero attached hydrogens (tertiary/aromatic N) is 4. The Labute approximate surface area is 382 Å². The van der Waals surface area contributed by atoms with E-state index in [1.54, 1.807) is 59.1 Å². The Kier molecular flexibility index (Phi) is 14.5. The average Bonchev–Trinajstić information content (AvgIpc) is 4.08. The van der Waals surface area contributed by atoms with Crippen LogP contribution < -0.4 is 0 Å². The van der Waals surface area contributed by atoms with Crippen LogP contribution in [0.25, 0.3) is 48.3 Å². The predicted molar refractivity (Wildman–Crippen MR) is 261 cm³/mol. The molecule has 0 spiro atoms. The Morgan fingerprint density at radius 3 is 1.40 bits per heavy atom. The number of thioether (sulfide) groups is 2. The van der Waals surface area contributed by atoms with Gasteiger partial charge in [-0.05, 0) is 60.1 Å². The summed E-state index contributed by atoms with van der Waals surface area (Å²) in [5.41, 5.74) is 6.78. The zero-order valence-electron chi connectivity index (χ0n) is 35.4. The molecular weight excluding hydrogens is 841 g/mol. The standard InChI is InChI=1S/C52H46N4O2S4/c1-7-11-17-31(9-3)29-59-52(60-30-32(10-4)18-12-8-2)47-41-25-33(23-39-45(43(27-53)55-5)35-19-13-15-21-37(35)48(39)57)61-50(41)51-42(47)26-34(62-51)24-40-46(44(28-54)56-6)36-20-14-16-22-38(36)49(40)58/h13-16,19-26,31-32H,7-12,17-18,29-30H2,1-4H3/b39-23-,40-24-,45-43-,46-44+,52-47?. The summed E-state index contributed by atoms with van der Waals surface area (Å²) in [5, 5.41) is 20.0. The lowest BCUT2D eigenvalue weighted by molar-refractivity contribution is 0.103. The van der Waals surface area contributed by atoms with Gasteiger partial charge in [-0.25, -0.2) is 20.2 Å². The zero-order valence-corrected chi connectivity index (χ0v) is 38.7. The molecule has 310 valence electrons. The van der Waals surface area contributed by atoms with Gasteiger partial charge in [-0.3, -0.25) is 9.59 Å². The third kappa shape index (κ3) is 8.64. The lowest BCUT2D eigenvalue weighted by Gasteiger charge is -2.19. The summed E-state index contributed by atoms with van der Waals surface area (Å²) in [5.74, 6) is 2.77.